The quantitative estimate of drug-likeness (QED) is 0.784. The summed E-state index contributed by atoms with van der Waals surface area (Å²) in [7, 11) is 1.83. The second-order valence-corrected chi connectivity index (χ2v) is 5.67. The maximum absolute atomic E-state index is 11.9. The van der Waals surface area contributed by atoms with Gasteiger partial charge in [0.05, 0.1) is 12.2 Å². The molecule has 1 aliphatic rings. The Morgan fingerprint density at radius 2 is 2.05 bits per heavy atom. The summed E-state index contributed by atoms with van der Waals surface area (Å²) < 4.78 is 0.859. The van der Waals surface area contributed by atoms with E-state index >= 15 is 0 Å². The molecular weight excluding hydrogens is 308 g/mol. The minimum Gasteiger partial charge on any atom is -0.361 e. The molecule has 0 spiro atoms. The summed E-state index contributed by atoms with van der Waals surface area (Å²) in [6, 6.07) is 5.53. The lowest BCUT2D eigenvalue weighted by molar-refractivity contribution is -0.127. The van der Waals surface area contributed by atoms with Crippen LogP contribution in [0, 0.1) is 0 Å². The van der Waals surface area contributed by atoms with Crippen LogP contribution in [0.5, 0.6) is 0 Å². The lowest BCUT2D eigenvalue weighted by Crippen LogP contribution is -2.34. The molecule has 1 fully saturated rings. The SMILES string of the molecule is CC(=O)c1ccc(N2CCCN(C)C(=O)C2)c(Br)c1. The highest BCUT2D eigenvalue weighted by Gasteiger charge is 2.20. The maximum Gasteiger partial charge on any atom is 0.241 e. The van der Waals surface area contributed by atoms with E-state index in [1.165, 1.54) is 0 Å². The molecule has 19 heavy (non-hydrogen) atoms. The van der Waals surface area contributed by atoms with Gasteiger partial charge >= 0.3 is 0 Å². The van der Waals surface area contributed by atoms with E-state index in [0.29, 0.717) is 12.1 Å². The van der Waals surface area contributed by atoms with Crippen LogP contribution in [-0.4, -0.2) is 43.3 Å². The van der Waals surface area contributed by atoms with Gasteiger partial charge in [0.25, 0.3) is 0 Å². The van der Waals surface area contributed by atoms with E-state index in [4.69, 9.17) is 0 Å². The Hall–Kier alpha value is -1.36. The normalized spacial score (nSPS) is 16.5. The molecule has 0 saturated carbocycles. The predicted molar refractivity (Wildman–Crippen MR) is 78.6 cm³/mol. The zero-order valence-electron chi connectivity index (χ0n) is 11.1. The predicted octanol–water partition coefficient (Wildman–Crippen LogP) is 2.32. The van der Waals surface area contributed by atoms with E-state index in [0.717, 1.165) is 29.7 Å². The molecule has 0 unspecified atom stereocenters. The molecule has 0 aliphatic carbocycles. The molecule has 102 valence electrons. The average molecular weight is 325 g/mol. The minimum atomic E-state index is 0.0407. The third kappa shape index (κ3) is 3.15. The first-order valence-electron chi connectivity index (χ1n) is 6.28. The van der Waals surface area contributed by atoms with Crippen molar-refractivity contribution in [3.05, 3.63) is 28.2 Å². The molecule has 0 radical (unpaired) electrons. The summed E-state index contributed by atoms with van der Waals surface area (Å²) >= 11 is 3.49. The van der Waals surface area contributed by atoms with E-state index < -0.39 is 0 Å². The average Bonchev–Trinajstić information content (AvgIpc) is 2.52. The standard InChI is InChI=1S/C14H17BrN2O2/c1-10(18)11-4-5-13(12(15)8-11)17-7-3-6-16(2)14(19)9-17/h4-5,8H,3,6-7,9H2,1-2H3. The second-order valence-electron chi connectivity index (χ2n) is 4.81. The highest BCUT2D eigenvalue weighted by Crippen LogP contribution is 2.28. The molecular formula is C14H17BrN2O2. The van der Waals surface area contributed by atoms with E-state index in [1.807, 2.05) is 25.2 Å². The molecule has 2 rings (SSSR count). The van der Waals surface area contributed by atoms with Gasteiger partial charge in [-0.2, -0.15) is 0 Å². The maximum atomic E-state index is 11.9. The van der Waals surface area contributed by atoms with Crippen LogP contribution >= 0.6 is 15.9 Å². The van der Waals surface area contributed by atoms with Crippen molar-refractivity contribution >= 4 is 33.3 Å². The Bertz CT molecular complexity index is 516. The molecule has 1 aromatic rings. The van der Waals surface area contributed by atoms with Gasteiger partial charge in [-0.05, 0) is 47.5 Å². The second kappa shape index (κ2) is 5.74. The van der Waals surface area contributed by atoms with Gasteiger partial charge in [0.15, 0.2) is 5.78 Å². The molecule has 0 atom stereocenters. The van der Waals surface area contributed by atoms with Gasteiger partial charge in [-0.1, -0.05) is 0 Å². The van der Waals surface area contributed by atoms with Crippen LogP contribution in [0.25, 0.3) is 0 Å². The summed E-state index contributed by atoms with van der Waals surface area (Å²) in [6.45, 7) is 3.56. The number of hydrogen-bond donors (Lipinski definition) is 0. The molecule has 0 N–H and O–H groups in total. The van der Waals surface area contributed by atoms with Crippen LogP contribution in [0.15, 0.2) is 22.7 Å². The zero-order valence-corrected chi connectivity index (χ0v) is 12.7. The van der Waals surface area contributed by atoms with Crippen molar-refractivity contribution in [2.75, 3.05) is 31.6 Å². The Balaban J connectivity index is 2.26. The molecule has 4 nitrogen and oxygen atoms in total. The first-order valence-corrected chi connectivity index (χ1v) is 7.07. The van der Waals surface area contributed by atoms with Gasteiger partial charge in [-0.25, -0.2) is 0 Å². The monoisotopic (exact) mass is 324 g/mol. The topological polar surface area (TPSA) is 40.6 Å². The number of benzene rings is 1. The van der Waals surface area contributed by atoms with Crippen LogP contribution in [0.3, 0.4) is 0 Å². The van der Waals surface area contributed by atoms with Gasteiger partial charge in [-0.15, -0.1) is 0 Å². The van der Waals surface area contributed by atoms with Crippen molar-refractivity contribution in [1.29, 1.82) is 0 Å². The van der Waals surface area contributed by atoms with Crippen LogP contribution in [0.4, 0.5) is 5.69 Å². The highest BCUT2D eigenvalue weighted by molar-refractivity contribution is 9.10. The lowest BCUT2D eigenvalue weighted by atomic mass is 10.1. The van der Waals surface area contributed by atoms with E-state index in [-0.39, 0.29) is 11.7 Å². The lowest BCUT2D eigenvalue weighted by Gasteiger charge is -2.23. The molecule has 1 aromatic carbocycles. The Morgan fingerprint density at radius 3 is 2.68 bits per heavy atom. The zero-order chi connectivity index (χ0) is 14.0. The van der Waals surface area contributed by atoms with Crippen molar-refractivity contribution < 1.29 is 9.59 Å². The first-order chi connectivity index (χ1) is 8.99. The van der Waals surface area contributed by atoms with Crippen molar-refractivity contribution in [3.8, 4) is 0 Å². The summed E-state index contributed by atoms with van der Waals surface area (Å²) in [5, 5.41) is 0. The first kappa shape index (κ1) is 14.1. The number of rotatable bonds is 2. The van der Waals surface area contributed by atoms with Crippen LogP contribution in [0.1, 0.15) is 23.7 Å². The van der Waals surface area contributed by atoms with E-state index in [9.17, 15) is 9.59 Å². The number of Topliss-reactive ketones (excluding diaryl/α,β-unsaturated/α-hetero) is 1. The van der Waals surface area contributed by atoms with Gasteiger partial charge in [0.1, 0.15) is 0 Å². The molecule has 1 heterocycles. The molecule has 1 aliphatic heterocycles. The third-order valence-corrected chi connectivity index (χ3v) is 4.00. The number of amides is 1. The summed E-state index contributed by atoms with van der Waals surface area (Å²) in [5.41, 5.74) is 1.64. The number of ketones is 1. The van der Waals surface area contributed by atoms with Gasteiger partial charge in [0.2, 0.25) is 5.91 Å². The largest absolute Gasteiger partial charge is 0.361 e. The number of carbonyl (C=O) groups is 2. The summed E-state index contributed by atoms with van der Waals surface area (Å²) in [6.07, 6.45) is 0.948. The number of anilines is 1. The fourth-order valence-electron chi connectivity index (χ4n) is 2.17. The third-order valence-electron chi connectivity index (χ3n) is 3.37. The van der Waals surface area contributed by atoms with E-state index in [2.05, 4.69) is 20.8 Å². The summed E-state index contributed by atoms with van der Waals surface area (Å²) in [5.74, 6) is 0.166. The minimum absolute atomic E-state index is 0.0407. The van der Waals surface area contributed by atoms with Crippen molar-refractivity contribution in [1.82, 2.24) is 4.90 Å². The smallest absolute Gasteiger partial charge is 0.241 e. The Kier molecular flexibility index (Phi) is 4.24. The number of halogens is 1. The Labute approximate surface area is 121 Å². The molecule has 5 heteroatoms. The number of likely N-dealkylation sites (N-methyl/N-ethyl adjacent to an activating group) is 1. The number of nitrogens with zero attached hydrogens (tertiary/aromatic N) is 2. The molecule has 1 saturated heterocycles. The van der Waals surface area contributed by atoms with Crippen LogP contribution in [-0.2, 0) is 4.79 Å². The Morgan fingerprint density at radius 1 is 1.32 bits per heavy atom. The van der Waals surface area contributed by atoms with Crippen molar-refractivity contribution in [2.24, 2.45) is 0 Å². The van der Waals surface area contributed by atoms with Gasteiger partial charge in [0, 0.05) is 30.2 Å². The summed E-state index contributed by atoms with van der Waals surface area (Å²) in [4.78, 5) is 27.1. The fraction of sp³-hybridized carbons (Fsp3) is 0.429. The van der Waals surface area contributed by atoms with E-state index in [1.54, 1.807) is 11.8 Å². The fourth-order valence-corrected chi connectivity index (χ4v) is 2.80. The highest BCUT2D eigenvalue weighted by atomic mass is 79.9. The number of carbonyl (C=O) groups excluding carboxylic acids is 2. The van der Waals surface area contributed by atoms with Crippen molar-refractivity contribution in [3.63, 3.8) is 0 Å². The molecule has 1 amide bonds. The van der Waals surface area contributed by atoms with Gasteiger partial charge < -0.3 is 9.80 Å². The van der Waals surface area contributed by atoms with Crippen molar-refractivity contribution in [2.45, 2.75) is 13.3 Å². The van der Waals surface area contributed by atoms with Gasteiger partial charge in [-0.3, -0.25) is 9.59 Å². The molecule has 0 aromatic heterocycles. The van der Waals surface area contributed by atoms with Crippen LogP contribution in [0.2, 0.25) is 0 Å². The number of hydrogen-bond acceptors (Lipinski definition) is 3. The van der Waals surface area contributed by atoms with Crippen LogP contribution < -0.4 is 4.90 Å². The molecule has 0 bridgehead atoms.